The summed E-state index contributed by atoms with van der Waals surface area (Å²) in [5.74, 6) is 0. The number of unbranched alkanes of at least 4 members (excludes halogenated alkanes) is 13. The summed E-state index contributed by atoms with van der Waals surface area (Å²) in [6, 6.07) is 0. The number of rotatable bonds is 23. The zero-order valence-corrected chi connectivity index (χ0v) is 18.1. The standard InChI is InChI=1S/C23H48O3/c1-3-5-7-9-10-11-12-13-15-17-19-25-21-23-26-22-20-24-18-16-14-8-6-4-2/h3-23H2,1-2H3. The summed E-state index contributed by atoms with van der Waals surface area (Å²) in [5, 5.41) is 0. The minimum atomic E-state index is 0.691. The molecule has 0 saturated heterocycles. The second-order valence-corrected chi connectivity index (χ2v) is 7.43. The van der Waals surface area contributed by atoms with Crippen LogP contribution >= 0.6 is 0 Å². The van der Waals surface area contributed by atoms with Crippen LogP contribution in [0.4, 0.5) is 0 Å². The first-order valence-corrected chi connectivity index (χ1v) is 11.6. The lowest BCUT2D eigenvalue weighted by Crippen LogP contribution is -2.10. The lowest BCUT2D eigenvalue weighted by molar-refractivity contribution is 0.0132. The average Bonchev–Trinajstić information content (AvgIpc) is 2.66. The number of hydrogen-bond acceptors (Lipinski definition) is 3. The van der Waals surface area contributed by atoms with Gasteiger partial charge in [0.2, 0.25) is 0 Å². The monoisotopic (exact) mass is 372 g/mol. The quantitative estimate of drug-likeness (QED) is 0.182. The first-order chi connectivity index (χ1) is 12.9. The Morgan fingerprint density at radius 3 is 0.923 bits per heavy atom. The summed E-state index contributed by atoms with van der Waals surface area (Å²) in [6.07, 6.45) is 20.2. The van der Waals surface area contributed by atoms with E-state index in [1.54, 1.807) is 0 Å². The van der Waals surface area contributed by atoms with Gasteiger partial charge < -0.3 is 14.2 Å². The Morgan fingerprint density at radius 2 is 0.577 bits per heavy atom. The molecule has 0 aromatic heterocycles. The predicted octanol–water partition coefficient (Wildman–Crippen LogP) is 6.93. The van der Waals surface area contributed by atoms with E-state index in [9.17, 15) is 0 Å². The highest BCUT2D eigenvalue weighted by Crippen LogP contribution is 2.10. The number of hydrogen-bond donors (Lipinski definition) is 0. The van der Waals surface area contributed by atoms with Crippen LogP contribution in [0.2, 0.25) is 0 Å². The molecule has 0 aromatic carbocycles. The third kappa shape index (κ3) is 23.9. The molecule has 0 aliphatic heterocycles. The molecule has 0 unspecified atom stereocenters. The van der Waals surface area contributed by atoms with Crippen LogP contribution < -0.4 is 0 Å². The lowest BCUT2D eigenvalue weighted by Gasteiger charge is -2.07. The van der Waals surface area contributed by atoms with Gasteiger partial charge in [-0.3, -0.25) is 0 Å². The van der Waals surface area contributed by atoms with Gasteiger partial charge in [0.25, 0.3) is 0 Å². The normalized spacial score (nSPS) is 11.3. The largest absolute Gasteiger partial charge is 0.379 e. The molecule has 158 valence electrons. The van der Waals surface area contributed by atoms with Crippen molar-refractivity contribution in [2.45, 2.75) is 110 Å². The van der Waals surface area contributed by atoms with Gasteiger partial charge in [0.15, 0.2) is 0 Å². The van der Waals surface area contributed by atoms with Gasteiger partial charge in [-0.2, -0.15) is 0 Å². The molecule has 0 heterocycles. The van der Waals surface area contributed by atoms with Crippen molar-refractivity contribution in [2.24, 2.45) is 0 Å². The van der Waals surface area contributed by atoms with Crippen molar-refractivity contribution in [3.05, 3.63) is 0 Å². The number of ether oxygens (including phenoxy) is 3. The zero-order valence-electron chi connectivity index (χ0n) is 18.1. The van der Waals surface area contributed by atoms with Gasteiger partial charge in [-0.15, -0.1) is 0 Å². The van der Waals surface area contributed by atoms with E-state index in [-0.39, 0.29) is 0 Å². The maximum Gasteiger partial charge on any atom is 0.0701 e. The van der Waals surface area contributed by atoms with Gasteiger partial charge >= 0.3 is 0 Å². The SMILES string of the molecule is CCCCCCCCCCCCOCCOCCOCCCCCCC. The van der Waals surface area contributed by atoms with Crippen LogP contribution in [0.5, 0.6) is 0 Å². The fraction of sp³-hybridized carbons (Fsp3) is 1.00. The third-order valence-electron chi connectivity index (χ3n) is 4.78. The third-order valence-corrected chi connectivity index (χ3v) is 4.78. The van der Waals surface area contributed by atoms with E-state index in [0.717, 1.165) is 13.2 Å². The van der Waals surface area contributed by atoms with Crippen molar-refractivity contribution >= 4 is 0 Å². The molecule has 0 aliphatic carbocycles. The molecule has 0 bridgehead atoms. The molecular weight excluding hydrogens is 324 g/mol. The van der Waals surface area contributed by atoms with Gasteiger partial charge in [-0.1, -0.05) is 97.3 Å². The van der Waals surface area contributed by atoms with E-state index in [2.05, 4.69) is 13.8 Å². The fourth-order valence-corrected chi connectivity index (χ4v) is 3.04. The topological polar surface area (TPSA) is 27.7 Å². The summed E-state index contributed by atoms with van der Waals surface area (Å²) >= 11 is 0. The molecular formula is C23H48O3. The molecule has 3 nitrogen and oxygen atoms in total. The lowest BCUT2D eigenvalue weighted by atomic mass is 10.1. The van der Waals surface area contributed by atoms with E-state index in [4.69, 9.17) is 14.2 Å². The summed E-state index contributed by atoms with van der Waals surface area (Å²) in [4.78, 5) is 0. The molecule has 0 N–H and O–H groups in total. The maximum atomic E-state index is 5.62. The molecule has 0 fully saturated rings. The van der Waals surface area contributed by atoms with E-state index in [0.29, 0.717) is 26.4 Å². The predicted molar refractivity (Wildman–Crippen MR) is 113 cm³/mol. The van der Waals surface area contributed by atoms with Crippen LogP contribution in [0.3, 0.4) is 0 Å². The van der Waals surface area contributed by atoms with Gasteiger partial charge in [0.1, 0.15) is 0 Å². The Balaban J connectivity index is 2.95. The molecule has 0 saturated carbocycles. The molecule has 26 heavy (non-hydrogen) atoms. The minimum Gasteiger partial charge on any atom is -0.379 e. The Labute approximate surface area is 164 Å². The summed E-state index contributed by atoms with van der Waals surface area (Å²) in [7, 11) is 0. The molecule has 0 amide bonds. The van der Waals surface area contributed by atoms with E-state index >= 15 is 0 Å². The van der Waals surface area contributed by atoms with Crippen molar-refractivity contribution in [3.8, 4) is 0 Å². The molecule has 0 spiro atoms. The Morgan fingerprint density at radius 1 is 0.308 bits per heavy atom. The molecule has 0 aromatic rings. The Bertz CT molecular complexity index is 209. The van der Waals surface area contributed by atoms with Crippen LogP contribution in [0.25, 0.3) is 0 Å². The van der Waals surface area contributed by atoms with Gasteiger partial charge in [-0.25, -0.2) is 0 Å². The highest BCUT2D eigenvalue weighted by atomic mass is 16.5. The first-order valence-electron chi connectivity index (χ1n) is 11.6. The smallest absolute Gasteiger partial charge is 0.0701 e. The molecule has 0 rings (SSSR count). The second-order valence-electron chi connectivity index (χ2n) is 7.43. The summed E-state index contributed by atoms with van der Waals surface area (Å²) in [6.45, 7) is 9.10. The Hall–Kier alpha value is -0.120. The molecule has 0 atom stereocenters. The van der Waals surface area contributed by atoms with Crippen LogP contribution in [0.15, 0.2) is 0 Å². The highest BCUT2D eigenvalue weighted by Gasteiger charge is 1.95. The van der Waals surface area contributed by atoms with E-state index in [1.165, 1.54) is 96.3 Å². The van der Waals surface area contributed by atoms with Crippen LogP contribution in [0.1, 0.15) is 110 Å². The summed E-state index contributed by atoms with van der Waals surface area (Å²) in [5.41, 5.74) is 0. The average molecular weight is 373 g/mol. The van der Waals surface area contributed by atoms with E-state index in [1.807, 2.05) is 0 Å². The van der Waals surface area contributed by atoms with Gasteiger partial charge in [0.05, 0.1) is 26.4 Å². The minimum absolute atomic E-state index is 0.691. The summed E-state index contributed by atoms with van der Waals surface area (Å²) < 4.78 is 16.7. The van der Waals surface area contributed by atoms with Crippen molar-refractivity contribution in [1.82, 2.24) is 0 Å². The van der Waals surface area contributed by atoms with Crippen LogP contribution in [-0.2, 0) is 14.2 Å². The molecule has 0 aliphatic rings. The molecule has 3 heteroatoms. The van der Waals surface area contributed by atoms with Crippen molar-refractivity contribution in [1.29, 1.82) is 0 Å². The van der Waals surface area contributed by atoms with E-state index < -0.39 is 0 Å². The van der Waals surface area contributed by atoms with Crippen molar-refractivity contribution < 1.29 is 14.2 Å². The van der Waals surface area contributed by atoms with Gasteiger partial charge in [-0.05, 0) is 12.8 Å². The van der Waals surface area contributed by atoms with Crippen molar-refractivity contribution in [3.63, 3.8) is 0 Å². The Kier molecular flexibility index (Phi) is 24.8. The highest BCUT2D eigenvalue weighted by molar-refractivity contribution is 4.47. The fourth-order valence-electron chi connectivity index (χ4n) is 3.04. The second kappa shape index (κ2) is 24.9. The maximum absolute atomic E-state index is 5.62. The first kappa shape index (κ1) is 25.9. The molecule has 0 radical (unpaired) electrons. The zero-order chi connectivity index (χ0) is 19.0. The van der Waals surface area contributed by atoms with Crippen LogP contribution in [0, 0.1) is 0 Å². The van der Waals surface area contributed by atoms with Gasteiger partial charge in [0, 0.05) is 13.2 Å². The van der Waals surface area contributed by atoms with Crippen molar-refractivity contribution in [2.75, 3.05) is 39.6 Å². The van der Waals surface area contributed by atoms with Crippen LogP contribution in [-0.4, -0.2) is 39.6 Å².